The number of nitrogens with one attached hydrogen (secondary N) is 2. The number of benzene rings is 1. The summed E-state index contributed by atoms with van der Waals surface area (Å²) >= 11 is 0. The molecule has 2 amide bonds. The molecule has 24 heavy (non-hydrogen) atoms. The van der Waals surface area contributed by atoms with Crippen molar-refractivity contribution in [3.63, 3.8) is 0 Å². The van der Waals surface area contributed by atoms with Crippen LogP contribution in [0.3, 0.4) is 0 Å². The van der Waals surface area contributed by atoms with Gasteiger partial charge in [-0.3, -0.25) is 9.59 Å². The number of ether oxygens (including phenoxy) is 1. The lowest BCUT2D eigenvalue weighted by atomic mass is 9.97. The number of esters is 1. The molecule has 1 atom stereocenters. The smallest absolute Gasteiger partial charge is 0.337 e. The van der Waals surface area contributed by atoms with Crippen LogP contribution in [0.2, 0.25) is 0 Å². The van der Waals surface area contributed by atoms with Crippen LogP contribution in [-0.2, 0) is 20.9 Å². The maximum Gasteiger partial charge on any atom is 0.337 e. The Kier molecular flexibility index (Phi) is 6.35. The van der Waals surface area contributed by atoms with E-state index in [0.717, 1.165) is 31.2 Å². The molecule has 0 heterocycles. The number of carbonyl (C=O) groups excluding carboxylic acids is 3. The highest BCUT2D eigenvalue weighted by atomic mass is 16.5. The molecule has 1 aromatic rings. The van der Waals surface area contributed by atoms with Crippen molar-refractivity contribution in [2.75, 3.05) is 7.11 Å². The van der Waals surface area contributed by atoms with Gasteiger partial charge in [-0.1, -0.05) is 25.0 Å². The first-order valence-corrected chi connectivity index (χ1v) is 8.23. The summed E-state index contributed by atoms with van der Waals surface area (Å²) in [6.07, 6.45) is 4.13. The lowest BCUT2D eigenvalue weighted by molar-refractivity contribution is -0.129. The van der Waals surface area contributed by atoms with Gasteiger partial charge in [0.1, 0.15) is 6.04 Å². The van der Waals surface area contributed by atoms with Crippen LogP contribution in [0.4, 0.5) is 0 Å². The molecule has 0 radical (unpaired) electrons. The van der Waals surface area contributed by atoms with E-state index in [1.807, 2.05) is 0 Å². The highest BCUT2D eigenvalue weighted by Gasteiger charge is 2.31. The zero-order chi connectivity index (χ0) is 17.5. The minimum absolute atomic E-state index is 0.158. The van der Waals surface area contributed by atoms with Crippen LogP contribution in [-0.4, -0.2) is 30.9 Å². The number of methoxy groups -OCH3 is 1. The van der Waals surface area contributed by atoms with Crippen molar-refractivity contribution < 1.29 is 19.1 Å². The van der Waals surface area contributed by atoms with Gasteiger partial charge in [-0.25, -0.2) is 4.79 Å². The SMILES string of the molecule is COC(=O)c1ccc(CNC(=O)C(NC(C)=O)C2CCCC2)cc1. The molecule has 1 aromatic carbocycles. The molecule has 2 N–H and O–H groups in total. The second-order valence-corrected chi connectivity index (χ2v) is 6.13. The van der Waals surface area contributed by atoms with Gasteiger partial charge in [0.2, 0.25) is 11.8 Å². The molecule has 0 aliphatic heterocycles. The number of carbonyl (C=O) groups is 3. The lowest BCUT2D eigenvalue weighted by Crippen LogP contribution is -2.49. The van der Waals surface area contributed by atoms with E-state index in [1.54, 1.807) is 24.3 Å². The number of amides is 2. The Morgan fingerprint density at radius 1 is 1.17 bits per heavy atom. The van der Waals surface area contributed by atoms with Crippen LogP contribution < -0.4 is 10.6 Å². The summed E-state index contributed by atoms with van der Waals surface area (Å²) in [5, 5.41) is 5.65. The van der Waals surface area contributed by atoms with Crippen molar-refractivity contribution in [1.82, 2.24) is 10.6 Å². The van der Waals surface area contributed by atoms with Gasteiger partial charge in [-0.2, -0.15) is 0 Å². The average Bonchev–Trinajstić information content (AvgIpc) is 3.11. The average molecular weight is 332 g/mol. The predicted octanol–water partition coefficient (Wildman–Crippen LogP) is 1.78. The first-order chi connectivity index (χ1) is 11.5. The molecule has 6 heteroatoms. The van der Waals surface area contributed by atoms with E-state index in [0.29, 0.717) is 12.1 Å². The Labute approximate surface area is 142 Å². The first-order valence-electron chi connectivity index (χ1n) is 8.23. The first kappa shape index (κ1) is 18.0. The van der Waals surface area contributed by atoms with Crippen molar-refractivity contribution in [3.05, 3.63) is 35.4 Å². The Morgan fingerprint density at radius 3 is 2.33 bits per heavy atom. The molecule has 2 rings (SSSR count). The van der Waals surface area contributed by atoms with Crippen LogP contribution in [0.25, 0.3) is 0 Å². The molecule has 1 aliphatic carbocycles. The van der Waals surface area contributed by atoms with Crippen LogP contribution in [0.5, 0.6) is 0 Å². The summed E-state index contributed by atoms with van der Waals surface area (Å²) in [5.41, 5.74) is 1.35. The normalized spacial score (nSPS) is 15.6. The quantitative estimate of drug-likeness (QED) is 0.778. The highest BCUT2D eigenvalue weighted by Crippen LogP contribution is 2.28. The largest absolute Gasteiger partial charge is 0.465 e. The summed E-state index contributed by atoms with van der Waals surface area (Å²) < 4.78 is 4.65. The van der Waals surface area contributed by atoms with Gasteiger partial charge in [0.15, 0.2) is 0 Å². The number of rotatable bonds is 6. The van der Waals surface area contributed by atoms with Crippen molar-refractivity contribution in [2.45, 2.75) is 45.2 Å². The van der Waals surface area contributed by atoms with Gasteiger partial charge in [0.25, 0.3) is 0 Å². The van der Waals surface area contributed by atoms with Gasteiger partial charge in [0, 0.05) is 13.5 Å². The molecule has 130 valence electrons. The fourth-order valence-corrected chi connectivity index (χ4v) is 3.08. The van der Waals surface area contributed by atoms with Gasteiger partial charge < -0.3 is 15.4 Å². The molecule has 0 aromatic heterocycles. The van der Waals surface area contributed by atoms with E-state index in [4.69, 9.17) is 0 Å². The van der Waals surface area contributed by atoms with E-state index >= 15 is 0 Å². The number of hydrogen-bond donors (Lipinski definition) is 2. The van der Waals surface area contributed by atoms with Gasteiger partial charge in [-0.05, 0) is 36.5 Å². The summed E-state index contributed by atoms with van der Waals surface area (Å²) in [6, 6.07) is 6.40. The summed E-state index contributed by atoms with van der Waals surface area (Å²) in [4.78, 5) is 35.2. The van der Waals surface area contributed by atoms with Crippen molar-refractivity contribution in [1.29, 1.82) is 0 Å². The maximum absolute atomic E-state index is 12.5. The lowest BCUT2D eigenvalue weighted by Gasteiger charge is -2.23. The van der Waals surface area contributed by atoms with Crippen LogP contribution >= 0.6 is 0 Å². The third-order valence-electron chi connectivity index (χ3n) is 4.35. The van der Waals surface area contributed by atoms with Crippen LogP contribution in [0.1, 0.15) is 48.5 Å². The molecule has 1 aliphatic rings. The Hall–Kier alpha value is -2.37. The van der Waals surface area contributed by atoms with E-state index in [-0.39, 0.29) is 17.7 Å². The third kappa shape index (κ3) is 4.81. The van der Waals surface area contributed by atoms with Crippen molar-refractivity contribution in [3.8, 4) is 0 Å². The molecule has 1 unspecified atom stereocenters. The molecular weight excluding hydrogens is 308 g/mol. The molecule has 1 saturated carbocycles. The molecule has 0 spiro atoms. The third-order valence-corrected chi connectivity index (χ3v) is 4.35. The predicted molar refractivity (Wildman–Crippen MR) is 89.2 cm³/mol. The van der Waals surface area contributed by atoms with Crippen molar-refractivity contribution >= 4 is 17.8 Å². The fourth-order valence-electron chi connectivity index (χ4n) is 3.08. The van der Waals surface area contributed by atoms with Gasteiger partial charge >= 0.3 is 5.97 Å². The van der Waals surface area contributed by atoms with Crippen molar-refractivity contribution in [2.24, 2.45) is 5.92 Å². The van der Waals surface area contributed by atoms with E-state index in [9.17, 15) is 14.4 Å². The second-order valence-electron chi connectivity index (χ2n) is 6.13. The summed E-state index contributed by atoms with van der Waals surface area (Å²) in [6.45, 7) is 1.78. The highest BCUT2D eigenvalue weighted by molar-refractivity contribution is 5.89. The van der Waals surface area contributed by atoms with E-state index < -0.39 is 12.0 Å². The van der Waals surface area contributed by atoms with Crippen LogP contribution in [0.15, 0.2) is 24.3 Å². The topological polar surface area (TPSA) is 84.5 Å². The Bertz CT molecular complexity index is 592. The summed E-state index contributed by atoms with van der Waals surface area (Å²) in [7, 11) is 1.33. The molecule has 6 nitrogen and oxygen atoms in total. The van der Waals surface area contributed by atoms with Crippen LogP contribution in [0, 0.1) is 5.92 Å². The minimum atomic E-state index is -0.473. The molecule has 0 saturated heterocycles. The zero-order valence-electron chi connectivity index (χ0n) is 14.1. The Balaban J connectivity index is 1.94. The molecular formula is C18H24N2O4. The van der Waals surface area contributed by atoms with E-state index in [1.165, 1.54) is 14.0 Å². The summed E-state index contributed by atoms with van der Waals surface area (Å²) in [5.74, 6) is -0.535. The maximum atomic E-state index is 12.5. The molecule has 0 bridgehead atoms. The fraction of sp³-hybridized carbons (Fsp3) is 0.500. The zero-order valence-corrected chi connectivity index (χ0v) is 14.1. The second kappa shape index (κ2) is 8.47. The number of hydrogen-bond acceptors (Lipinski definition) is 4. The minimum Gasteiger partial charge on any atom is -0.465 e. The Morgan fingerprint density at radius 2 is 1.79 bits per heavy atom. The standard InChI is InChI=1S/C18H24N2O4/c1-12(21)20-16(14-5-3-4-6-14)17(22)19-11-13-7-9-15(10-8-13)18(23)24-2/h7-10,14,16H,3-6,11H2,1-2H3,(H,19,22)(H,20,21). The van der Waals surface area contributed by atoms with Gasteiger partial charge in [0.05, 0.1) is 12.7 Å². The molecule has 1 fully saturated rings. The van der Waals surface area contributed by atoms with E-state index in [2.05, 4.69) is 15.4 Å². The monoisotopic (exact) mass is 332 g/mol. The van der Waals surface area contributed by atoms with Gasteiger partial charge in [-0.15, -0.1) is 0 Å².